The number of halogens is 1. The Labute approximate surface area is 156 Å². The molecule has 0 fully saturated rings. The topological polar surface area (TPSA) is 29.1 Å². The van der Waals surface area contributed by atoms with E-state index >= 15 is 0 Å². The number of carbonyl (C=O) groups excluding carboxylic acids is 1. The summed E-state index contributed by atoms with van der Waals surface area (Å²) >= 11 is 6.16. The van der Waals surface area contributed by atoms with Crippen LogP contribution in [-0.2, 0) is 4.79 Å². The smallest absolute Gasteiger partial charge is 0.223 e. The molecule has 0 aliphatic rings. The van der Waals surface area contributed by atoms with Crippen LogP contribution < -0.4 is 5.32 Å². The van der Waals surface area contributed by atoms with Gasteiger partial charge in [-0.25, -0.2) is 0 Å². The predicted octanol–water partition coefficient (Wildman–Crippen LogP) is 6.56. The van der Waals surface area contributed by atoms with Gasteiger partial charge in [-0.1, -0.05) is 66.7 Å². The third kappa shape index (κ3) is 11.3. The van der Waals surface area contributed by atoms with Gasteiger partial charge in [0.2, 0.25) is 5.91 Å². The van der Waals surface area contributed by atoms with E-state index in [1.165, 1.54) is 32.1 Å². The molecular formula is C21H42ClNO. The third-order valence-electron chi connectivity index (χ3n) is 5.35. The molecule has 0 aliphatic heterocycles. The first-order chi connectivity index (χ1) is 11.5. The van der Waals surface area contributed by atoms with E-state index in [4.69, 9.17) is 11.6 Å². The molecule has 0 rings (SSSR count). The summed E-state index contributed by atoms with van der Waals surface area (Å²) in [5.41, 5.74) is 0. The Morgan fingerprint density at radius 2 is 1.67 bits per heavy atom. The molecule has 4 atom stereocenters. The second kappa shape index (κ2) is 15.0. The van der Waals surface area contributed by atoms with Crippen molar-refractivity contribution in [2.24, 2.45) is 17.8 Å². The van der Waals surface area contributed by atoms with Gasteiger partial charge in [0.05, 0.1) is 0 Å². The van der Waals surface area contributed by atoms with E-state index in [1.54, 1.807) is 0 Å². The molecule has 0 saturated heterocycles. The lowest BCUT2D eigenvalue weighted by molar-refractivity contribution is -0.125. The van der Waals surface area contributed by atoms with Gasteiger partial charge in [-0.2, -0.15) is 0 Å². The Kier molecular flexibility index (Phi) is 14.9. The molecule has 1 N–H and O–H groups in total. The third-order valence-corrected chi connectivity index (χ3v) is 5.88. The van der Waals surface area contributed by atoms with Gasteiger partial charge in [-0.15, -0.1) is 11.6 Å². The quantitative estimate of drug-likeness (QED) is 0.329. The predicted molar refractivity (Wildman–Crippen MR) is 108 cm³/mol. The van der Waals surface area contributed by atoms with Gasteiger partial charge in [0.25, 0.3) is 0 Å². The summed E-state index contributed by atoms with van der Waals surface area (Å²) in [6, 6.07) is 0. The first kappa shape index (κ1) is 23.8. The molecule has 1 amide bonds. The van der Waals surface area contributed by atoms with Crippen LogP contribution in [-0.4, -0.2) is 17.8 Å². The molecule has 3 heteroatoms. The largest absolute Gasteiger partial charge is 0.356 e. The standard InChI is InChI=1S/C21H42ClNO/c1-6-11-18(7-2)16-19(8-3)21(24)23-15-14-17(5)12-10-13-20(22)9-4/h17-20H,6-16H2,1-5H3,(H,23,24)/t17?,18?,19-,20-/m1/s1. The monoisotopic (exact) mass is 359 g/mol. The zero-order valence-corrected chi connectivity index (χ0v) is 17.6. The molecule has 0 heterocycles. The summed E-state index contributed by atoms with van der Waals surface area (Å²) in [5, 5.41) is 3.51. The number of nitrogens with one attached hydrogen (secondary N) is 1. The minimum absolute atomic E-state index is 0.193. The van der Waals surface area contributed by atoms with Crippen LogP contribution in [0.1, 0.15) is 98.8 Å². The maximum atomic E-state index is 12.4. The number of amides is 1. The summed E-state index contributed by atoms with van der Waals surface area (Å²) in [6.45, 7) is 11.9. The van der Waals surface area contributed by atoms with Gasteiger partial charge in [-0.05, 0) is 43.9 Å². The summed E-state index contributed by atoms with van der Waals surface area (Å²) in [5.74, 6) is 1.82. The van der Waals surface area contributed by atoms with Crippen LogP contribution in [0.4, 0.5) is 0 Å². The Morgan fingerprint density at radius 1 is 0.958 bits per heavy atom. The minimum atomic E-state index is 0.193. The van der Waals surface area contributed by atoms with Crippen LogP contribution in [0.25, 0.3) is 0 Å². The van der Waals surface area contributed by atoms with Crippen LogP contribution in [0.15, 0.2) is 0 Å². The highest BCUT2D eigenvalue weighted by molar-refractivity contribution is 6.20. The van der Waals surface area contributed by atoms with E-state index < -0.39 is 0 Å². The van der Waals surface area contributed by atoms with Gasteiger partial charge in [0, 0.05) is 17.8 Å². The number of carbonyl (C=O) groups is 1. The van der Waals surface area contributed by atoms with Crippen LogP contribution in [0.2, 0.25) is 0 Å². The van der Waals surface area contributed by atoms with Crippen molar-refractivity contribution in [2.75, 3.05) is 6.54 Å². The lowest BCUT2D eigenvalue weighted by Crippen LogP contribution is -2.33. The lowest BCUT2D eigenvalue weighted by Gasteiger charge is -2.21. The molecule has 144 valence electrons. The van der Waals surface area contributed by atoms with Crippen LogP contribution in [0.3, 0.4) is 0 Å². The number of hydrogen-bond donors (Lipinski definition) is 1. The molecular weight excluding hydrogens is 318 g/mol. The number of rotatable bonds is 15. The van der Waals surface area contributed by atoms with Gasteiger partial charge < -0.3 is 5.32 Å². The van der Waals surface area contributed by atoms with E-state index in [-0.39, 0.29) is 11.8 Å². The summed E-state index contributed by atoms with van der Waals surface area (Å²) in [4.78, 5) is 12.4. The fourth-order valence-corrected chi connectivity index (χ4v) is 3.54. The van der Waals surface area contributed by atoms with Gasteiger partial charge in [0.1, 0.15) is 0 Å². The zero-order chi connectivity index (χ0) is 18.4. The number of alkyl halides is 1. The highest BCUT2D eigenvalue weighted by Crippen LogP contribution is 2.23. The Morgan fingerprint density at radius 3 is 2.21 bits per heavy atom. The van der Waals surface area contributed by atoms with Crippen molar-refractivity contribution in [1.82, 2.24) is 5.32 Å². The summed E-state index contributed by atoms with van der Waals surface area (Å²) in [7, 11) is 0. The Hall–Kier alpha value is -0.240. The fraction of sp³-hybridized carbons (Fsp3) is 0.952. The van der Waals surface area contributed by atoms with Crippen LogP contribution in [0, 0.1) is 17.8 Å². The van der Waals surface area contributed by atoms with E-state index in [1.807, 2.05) is 0 Å². The van der Waals surface area contributed by atoms with E-state index in [2.05, 4.69) is 39.9 Å². The zero-order valence-electron chi connectivity index (χ0n) is 16.9. The molecule has 0 saturated carbocycles. The van der Waals surface area contributed by atoms with Gasteiger partial charge in [-0.3, -0.25) is 4.79 Å². The first-order valence-corrected chi connectivity index (χ1v) is 10.8. The van der Waals surface area contributed by atoms with Gasteiger partial charge in [0.15, 0.2) is 0 Å². The van der Waals surface area contributed by atoms with Crippen molar-refractivity contribution in [3.63, 3.8) is 0 Å². The molecule has 0 aromatic heterocycles. The minimum Gasteiger partial charge on any atom is -0.356 e. The average molecular weight is 360 g/mol. The molecule has 24 heavy (non-hydrogen) atoms. The SMILES string of the molecule is CCCC(CC)C[C@@H](CC)C(=O)NCCC(C)CCC[C@H](Cl)CC. The van der Waals surface area contributed by atoms with Crippen LogP contribution in [0.5, 0.6) is 0 Å². The molecule has 0 bridgehead atoms. The van der Waals surface area contributed by atoms with E-state index in [0.29, 0.717) is 17.2 Å². The van der Waals surface area contributed by atoms with Crippen molar-refractivity contribution < 1.29 is 4.79 Å². The molecule has 0 aromatic carbocycles. The van der Waals surface area contributed by atoms with E-state index in [9.17, 15) is 4.79 Å². The van der Waals surface area contributed by atoms with E-state index in [0.717, 1.165) is 38.6 Å². The second-order valence-electron chi connectivity index (χ2n) is 7.53. The highest BCUT2D eigenvalue weighted by atomic mass is 35.5. The van der Waals surface area contributed by atoms with Crippen molar-refractivity contribution >= 4 is 17.5 Å². The van der Waals surface area contributed by atoms with Crippen molar-refractivity contribution in [3.8, 4) is 0 Å². The molecule has 2 unspecified atom stereocenters. The molecule has 0 radical (unpaired) electrons. The molecule has 0 aromatic rings. The average Bonchev–Trinajstić information content (AvgIpc) is 2.58. The molecule has 0 spiro atoms. The normalized spacial score (nSPS) is 16.4. The lowest BCUT2D eigenvalue weighted by atomic mass is 9.87. The first-order valence-electron chi connectivity index (χ1n) is 10.4. The highest BCUT2D eigenvalue weighted by Gasteiger charge is 2.20. The summed E-state index contributed by atoms with van der Waals surface area (Å²) < 4.78 is 0. The van der Waals surface area contributed by atoms with Gasteiger partial charge >= 0.3 is 0 Å². The second-order valence-corrected chi connectivity index (χ2v) is 8.14. The van der Waals surface area contributed by atoms with Crippen molar-refractivity contribution in [3.05, 3.63) is 0 Å². The maximum Gasteiger partial charge on any atom is 0.223 e. The Bertz CT molecular complexity index is 308. The fourth-order valence-electron chi connectivity index (χ4n) is 3.38. The van der Waals surface area contributed by atoms with Crippen molar-refractivity contribution in [2.45, 2.75) is 104 Å². The number of hydrogen-bond acceptors (Lipinski definition) is 1. The Balaban J connectivity index is 3.99. The maximum absolute atomic E-state index is 12.4. The van der Waals surface area contributed by atoms with Crippen molar-refractivity contribution in [1.29, 1.82) is 0 Å². The summed E-state index contributed by atoms with van der Waals surface area (Å²) in [6.07, 6.45) is 11.3. The molecule has 2 nitrogen and oxygen atoms in total. The van der Waals surface area contributed by atoms with Crippen LogP contribution >= 0.6 is 11.6 Å². The molecule has 0 aliphatic carbocycles.